The molecule has 196 valence electrons. The summed E-state index contributed by atoms with van der Waals surface area (Å²) in [7, 11) is 0. The van der Waals surface area contributed by atoms with Crippen molar-refractivity contribution in [2.45, 2.75) is 26.8 Å². The van der Waals surface area contributed by atoms with Gasteiger partial charge in [0.25, 0.3) is 11.5 Å². The zero-order chi connectivity index (χ0) is 27.8. The molecule has 0 saturated heterocycles. The van der Waals surface area contributed by atoms with Gasteiger partial charge in [-0.05, 0) is 57.0 Å². The van der Waals surface area contributed by atoms with E-state index in [2.05, 4.69) is 37.4 Å². The second-order valence-corrected chi connectivity index (χ2v) is 10.2. The largest absolute Gasteiger partial charge is 0.342 e. The van der Waals surface area contributed by atoms with Gasteiger partial charge in [0, 0.05) is 18.0 Å². The molecule has 1 unspecified atom stereocenters. The van der Waals surface area contributed by atoms with Crippen molar-refractivity contribution < 1.29 is 4.79 Å². The molecule has 0 aliphatic rings. The number of carbonyl (C=O) groups excluding carboxylic acids is 1. The molecule has 10 nitrogen and oxygen atoms in total. The van der Waals surface area contributed by atoms with Crippen molar-refractivity contribution in [3.05, 3.63) is 110 Å². The van der Waals surface area contributed by atoms with Crippen LogP contribution in [-0.2, 0) is 0 Å². The van der Waals surface area contributed by atoms with E-state index in [0.29, 0.717) is 49.9 Å². The Morgan fingerprint density at radius 3 is 2.62 bits per heavy atom. The van der Waals surface area contributed by atoms with Gasteiger partial charge in [-0.2, -0.15) is 5.10 Å². The Bertz CT molecular complexity index is 2030. The van der Waals surface area contributed by atoms with Gasteiger partial charge in [-0.3, -0.25) is 14.2 Å². The smallest absolute Gasteiger partial charge is 0.267 e. The van der Waals surface area contributed by atoms with Crippen LogP contribution < -0.4 is 10.9 Å². The molecule has 2 aromatic carbocycles. The Hall–Kier alpha value is -5.21. The van der Waals surface area contributed by atoms with Crippen molar-refractivity contribution in [3.63, 3.8) is 0 Å². The van der Waals surface area contributed by atoms with Gasteiger partial charge in [-0.25, -0.2) is 14.5 Å². The highest BCUT2D eigenvalue weighted by molar-refractivity contribution is 7.11. The lowest BCUT2D eigenvalue weighted by molar-refractivity contribution is 0.0938. The maximum absolute atomic E-state index is 14.1. The number of carbonyl (C=O) groups is 1. The summed E-state index contributed by atoms with van der Waals surface area (Å²) in [6.45, 7) is 5.41. The molecule has 0 fully saturated rings. The van der Waals surface area contributed by atoms with Gasteiger partial charge in [0.05, 0.1) is 28.3 Å². The minimum Gasteiger partial charge on any atom is -0.342 e. The van der Waals surface area contributed by atoms with Crippen LogP contribution in [0.2, 0.25) is 0 Å². The summed E-state index contributed by atoms with van der Waals surface area (Å²) in [6, 6.07) is 15.7. The number of rotatable bonds is 4. The predicted octanol–water partition coefficient (Wildman–Crippen LogP) is 3.79. The minimum absolute atomic E-state index is 0.292. The molecule has 0 bridgehead atoms. The highest BCUT2D eigenvalue weighted by atomic mass is 32.1. The summed E-state index contributed by atoms with van der Waals surface area (Å²) in [5.74, 6) is 6.10. The molecule has 40 heavy (non-hydrogen) atoms. The van der Waals surface area contributed by atoms with Crippen molar-refractivity contribution in [3.8, 4) is 17.5 Å². The predicted molar refractivity (Wildman–Crippen MR) is 152 cm³/mol. The molecular formula is C29H22N8O2S. The first-order valence-corrected chi connectivity index (χ1v) is 13.3. The molecule has 0 radical (unpaired) electrons. The third kappa shape index (κ3) is 4.50. The number of hydrogen-bond acceptors (Lipinski definition) is 8. The van der Waals surface area contributed by atoms with E-state index in [-0.39, 0.29) is 11.5 Å². The van der Waals surface area contributed by atoms with E-state index >= 15 is 0 Å². The Morgan fingerprint density at radius 1 is 1.02 bits per heavy atom. The van der Waals surface area contributed by atoms with Crippen LogP contribution in [0.25, 0.3) is 22.2 Å². The first-order valence-electron chi connectivity index (χ1n) is 12.4. The fraction of sp³-hybridized carbons (Fsp3) is 0.138. The van der Waals surface area contributed by atoms with E-state index in [1.807, 2.05) is 37.3 Å². The molecule has 11 heteroatoms. The van der Waals surface area contributed by atoms with Crippen LogP contribution in [0.1, 0.15) is 50.4 Å². The van der Waals surface area contributed by atoms with Gasteiger partial charge < -0.3 is 5.32 Å². The summed E-state index contributed by atoms with van der Waals surface area (Å²) in [4.78, 5) is 36.8. The van der Waals surface area contributed by atoms with Crippen LogP contribution in [0.4, 0.5) is 0 Å². The molecule has 4 aromatic heterocycles. The molecular weight excluding hydrogens is 524 g/mol. The summed E-state index contributed by atoms with van der Waals surface area (Å²) in [6.07, 6.45) is 3.35. The molecule has 1 N–H and O–H groups in total. The molecule has 0 aliphatic carbocycles. The average molecular weight is 547 g/mol. The maximum Gasteiger partial charge on any atom is 0.267 e. The highest BCUT2D eigenvalue weighted by Crippen LogP contribution is 2.21. The Morgan fingerprint density at radius 2 is 1.85 bits per heavy atom. The van der Waals surface area contributed by atoms with Gasteiger partial charge in [0.2, 0.25) is 0 Å². The van der Waals surface area contributed by atoms with Crippen LogP contribution in [0.15, 0.2) is 71.8 Å². The van der Waals surface area contributed by atoms with Gasteiger partial charge in [-0.1, -0.05) is 41.5 Å². The third-order valence-corrected chi connectivity index (χ3v) is 7.05. The normalized spacial score (nSPS) is 11.8. The fourth-order valence-electron chi connectivity index (χ4n) is 4.53. The van der Waals surface area contributed by atoms with E-state index < -0.39 is 6.04 Å². The molecule has 6 rings (SSSR count). The van der Waals surface area contributed by atoms with E-state index in [1.54, 1.807) is 55.0 Å². The van der Waals surface area contributed by atoms with Crippen molar-refractivity contribution >= 4 is 33.8 Å². The molecule has 0 spiro atoms. The number of benzene rings is 2. The van der Waals surface area contributed by atoms with Crippen LogP contribution in [0, 0.1) is 25.7 Å². The average Bonchev–Trinajstić information content (AvgIpc) is 3.53. The van der Waals surface area contributed by atoms with E-state index in [9.17, 15) is 9.59 Å². The van der Waals surface area contributed by atoms with Gasteiger partial charge >= 0.3 is 0 Å². The zero-order valence-corrected chi connectivity index (χ0v) is 22.6. The Kier molecular flexibility index (Phi) is 6.37. The van der Waals surface area contributed by atoms with Crippen molar-refractivity contribution in [1.82, 2.24) is 39.7 Å². The molecule has 0 saturated carbocycles. The van der Waals surface area contributed by atoms with E-state index in [1.165, 1.54) is 15.9 Å². The SMILES string of the molecule is Cc1nnc(C#Cc2cccc3nc(C(C)NC(=O)c4c(C)nn5cccnc45)n(-c4ccccc4)c(=O)c23)s1. The number of amides is 1. The topological polar surface area (TPSA) is 120 Å². The number of aromatic nitrogens is 7. The van der Waals surface area contributed by atoms with Gasteiger partial charge in [0.1, 0.15) is 16.4 Å². The number of nitrogens with zero attached hydrogens (tertiary/aromatic N) is 7. The first-order chi connectivity index (χ1) is 19.4. The quantitative estimate of drug-likeness (QED) is 0.334. The summed E-state index contributed by atoms with van der Waals surface area (Å²) in [5, 5.41) is 17.2. The van der Waals surface area contributed by atoms with E-state index in [4.69, 9.17) is 4.98 Å². The summed E-state index contributed by atoms with van der Waals surface area (Å²) >= 11 is 1.38. The second-order valence-electron chi connectivity index (χ2n) is 9.07. The lowest BCUT2D eigenvalue weighted by Gasteiger charge is -2.20. The van der Waals surface area contributed by atoms with Gasteiger partial charge in [-0.15, -0.1) is 10.2 Å². The Labute approximate surface area is 232 Å². The molecule has 1 atom stereocenters. The third-order valence-electron chi connectivity index (χ3n) is 6.30. The summed E-state index contributed by atoms with van der Waals surface area (Å²) in [5.41, 5.74) is 2.70. The van der Waals surface area contributed by atoms with Crippen molar-refractivity contribution in [2.24, 2.45) is 0 Å². The van der Waals surface area contributed by atoms with Crippen LogP contribution in [0.5, 0.6) is 0 Å². The highest BCUT2D eigenvalue weighted by Gasteiger charge is 2.24. The second kappa shape index (κ2) is 10.2. The van der Waals surface area contributed by atoms with Gasteiger partial charge in [0.15, 0.2) is 10.7 Å². The van der Waals surface area contributed by atoms with Crippen LogP contribution in [0.3, 0.4) is 0 Å². The fourth-order valence-corrected chi connectivity index (χ4v) is 5.08. The number of para-hydroxylation sites is 1. The molecule has 6 aromatic rings. The first kappa shape index (κ1) is 25.1. The number of hydrogen-bond donors (Lipinski definition) is 1. The molecule has 1 amide bonds. The molecule has 4 heterocycles. The van der Waals surface area contributed by atoms with Crippen LogP contribution >= 0.6 is 11.3 Å². The summed E-state index contributed by atoms with van der Waals surface area (Å²) < 4.78 is 3.09. The Balaban J connectivity index is 1.48. The lowest BCUT2D eigenvalue weighted by Crippen LogP contribution is -2.33. The van der Waals surface area contributed by atoms with Crippen molar-refractivity contribution in [1.29, 1.82) is 0 Å². The van der Waals surface area contributed by atoms with Crippen molar-refractivity contribution in [2.75, 3.05) is 0 Å². The lowest BCUT2D eigenvalue weighted by atomic mass is 10.1. The monoisotopic (exact) mass is 546 g/mol. The van der Waals surface area contributed by atoms with Crippen LogP contribution in [-0.4, -0.2) is 40.3 Å². The minimum atomic E-state index is -0.637. The number of aryl methyl sites for hydroxylation is 2. The molecule has 0 aliphatic heterocycles. The van der Waals surface area contributed by atoms with E-state index in [0.717, 1.165) is 5.01 Å². The number of nitrogens with one attached hydrogen (secondary N) is 1. The zero-order valence-electron chi connectivity index (χ0n) is 21.8. The maximum atomic E-state index is 14.1. The number of fused-ring (bicyclic) bond motifs is 2. The standard InChI is InChI=1S/C29H22N8O2S/c1-17-24(27-30-15-8-16-36(27)35-17)28(38)31-18(2)26-32-22-12-7-9-20(13-14-23-34-33-19(3)40-23)25(22)29(39)37(26)21-10-5-4-6-11-21/h4-12,15-16,18H,1-3H3,(H,31,38).